The zero-order valence-corrected chi connectivity index (χ0v) is 13.3. The highest BCUT2D eigenvalue weighted by Gasteiger charge is 2.02. The Morgan fingerprint density at radius 3 is 2.43 bits per heavy atom. The lowest BCUT2D eigenvalue weighted by molar-refractivity contribution is 0.923. The summed E-state index contributed by atoms with van der Waals surface area (Å²) in [6.07, 6.45) is 1.39. The van der Waals surface area contributed by atoms with Gasteiger partial charge in [0.1, 0.15) is 6.33 Å². The van der Waals surface area contributed by atoms with E-state index < -0.39 is 0 Å². The first kappa shape index (κ1) is 15.2. The van der Waals surface area contributed by atoms with Gasteiger partial charge in [0.2, 0.25) is 0 Å². The van der Waals surface area contributed by atoms with E-state index in [-0.39, 0.29) is 0 Å². The maximum absolute atomic E-state index is 5.91. The summed E-state index contributed by atoms with van der Waals surface area (Å²) >= 11 is 5.91. The van der Waals surface area contributed by atoms with Gasteiger partial charge >= 0.3 is 0 Å². The Morgan fingerprint density at radius 2 is 1.78 bits per heavy atom. The number of rotatable bonds is 5. The predicted octanol–water partition coefficient (Wildman–Crippen LogP) is 4.51. The molecule has 116 valence electrons. The third-order valence-corrected chi connectivity index (χ3v) is 3.54. The van der Waals surface area contributed by atoms with Gasteiger partial charge in [-0.05, 0) is 42.0 Å². The van der Waals surface area contributed by atoms with Crippen molar-refractivity contribution in [3.05, 3.63) is 65.4 Å². The smallest absolute Gasteiger partial charge is 0.264 e. The summed E-state index contributed by atoms with van der Waals surface area (Å²) in [4.78, 5) is 6.04. The molecule has 0 aliphatic carbocycles. The van der Waals surface area contributed by atoms with Crippen LogP contribution in [-0.4, -0.2) is 22.2 Å². The first-order valence-electron chi connectivity index (χ1n) is 7.03. The number of benzene rings is 2. The first-order chi connectivity index (χ1) is 11.2. The molecular weight excluding hydrogens is 312 g/mol. The van der Waals surface area contributed by atoms with E-state index in [1.807, 2.05) is 55.6 Å². The molecule has 1 aromatic heterocycles. The molecule has 1 heterocycles. The van der Waals surface area contributed by atoms with Gasteiger partial charge < -0.3 is 4.90 Å². The average molecular weight is 327 g/mol. The number of anilines is 1. The van der Waals surface area contributed by atoms with E-state index in [0.29, 0.717) is 5.95 Å². The molecule has 3 aromatic rings. The van der Waals surface area contributed by atoms with Crippen LogP contribution in [0.5, 0.6) is 0 Å². The van der Waals surface area contributed by atoms with Gasteiger partial charge in [0.05, 0.1) is 5.69 Å². The lowest BCUT2D eigenvalue weighted by Gasteiger charge is -2.19. The van der Waals surface area contributed by atoms with E-state index in [1.165, 1.54) is 11.9 Å². The summed E-state index contributed by atoms with van der Waals surface area (Å²) in [5.74, 6) is 0.383. The minimum absolute atomic E-state index is 0.383. The van der Waals surface area contributed by atoms with Gasteiger partial charge in [-0.15, -0.1) is 10.2 Å². The van der Waals surface area contributed by atoms with Crippen molar-refractivity contribution in [3.63, 3.8) is 0 Å². The topological polar surface area (TPSA) is 69.5 Å². The Balaban J connectivity index is 1.65. The third-order valence-electron chi connectivity index (χ3n) is 3.29. The van der Waals surface area contributed by atoms with Gasteiger partial charge in [-0.3, -0.25) is 0 Å². The van der Waals surface area contributed by atoms with Crippen molar-refractivity contribution in [1.29, 1.82) is 0 Å². The molecule has 7 heteroatoms. The number of aromatic nitrogens is 3. The molecule has 0 saturated carbocycles. The molecule has 2 aromatic carbocycles. The van der Waals surface area contributed by atoms with Crippen LogP contribution < -0.4 is 4.90 Å². The minimum atomic E-state index is 0.383. The molecule has 0 fully saturated rings. The summed E-state index contributed by atoms with van der Waals surface area (Å²) in [5.41, 5.74) is 3.05. The Bertz CT molecular complexity index is 765. The fraction of sp³-hybridized carbons (Fsp3) is 0.125. The zero-order chi connectivity index (χ0) is 16.1. The van der Waals surface area contributed by atoms with Gasteiger partial charge in [0.25, 0.3) is 5.95 Å². The number of hydrogen-bond donors (Lipinski definition) is 1. The number of halogens is 1. The average Bonchev–Trinajstić information content (AvgIpc) is 3.09. The molecule has 0 aliphatic heterocycles. The van der Waals surface area contributed by atoms with Gasteiger partial charge in [-0.2, -0.15) is 10.1 Å². The van der Waals surface area contributed by atoms with Crippen molar-refractivity contribution in [2.75, 3.05) is 11.9 Å². The van der Waals surface area contributed by atoms with Crippen molar-refractivity contribution in [2.45, 2.75) is 6.54 Å². The quantitative estimate of drug-likeness (QED) is 0.701. The molecule has 0 bridgehead atoms. The van der Waals surface area contributed by atoms with Crippen molar-refractivity contribution < 1.29 is 0 Å². The molecule has 0 amide bonds. The van der Waals surface area contributed by atoms with Crippen LogP contribution in [0.4, 0.5) is 17.3 Å². The van der Waals surface area contributed by atoms with Crippen LogP contribution in [0.25, 0.3) is 0 Å². The lowest BCUT2D eigenvalue weighted by Crippen LogP contribution is -2.15. The number of azo groups is 1. The van der Waals surface area contributed by atoms with Gasteiger partial charge in [-0.25, -0.2) is 5.10 Å². The van der Waals surface area contributed by atoms with E-state index in [2.05, 4.69) is 30.3 Å². The number of nitrogens with one attached hydrogen (secondary N) is 1. The van der Waals surface area contributed by atoms with Crippen LogP contribution in [0.1, 0.15) is 5.56 Å². The normalized spacial score (nSPS) is 11.0. The molecule has 0 unspecified atom stereocenters. The fourth-order valence-electron chi connectivity index (χ4n) is 2.08. The molecule has 0 aliphatic rings. The van der Waals surface area contributed by atoms with Crippen LogP contribution in [0, 0.1) is 0 Å². The van der Waals surface area contributed by atoms with Crippen LogP contribution in [0.2, 0.25) is 5.02 Å². The molecule has 0 atom stereocenters. The second-order valence-corrected chi connectivity index (χ2v) is 5.44. The van der Waals surface area contributed by atoms with Crippen molar-refractivity contribution in [3.8, 4) is 0 Å². The van der Waals surface area contributed by atoms with Gasteiger partial charge in [0, 0.05) is 24.3 Å². The van der Waals surface area contributed by atoms with Crippen LogP contribution in [-0.2, 0) is 6.54 Å². The van der Waals surface area contributed by atoms with Crippen LogP contribution in [0.3, 0.4) is 0 Å². The molecule has 6 nitrogen and oxygen atoms in total. The van der Waals surface area contributed by atoms with Crippen LogP contribution in [0.15, 0.2) is 65.1 Å². The van der Waals surface area contributed by atoms with Gasteiger partial charge in [0.15, 0.2) is 0 Å². The molecule has 0 radical (unpaired) electrons. The summed E-state index contributed by atoms with van der Waals surface area (Å²) < 4.78 is 0. The first-order valence-corrected chi connectivity index (χ1v) is 7.41. The summed E-state index contributed by atoms with van der Waals surface area (Å²) in [5, 5.41) is 15.1. The second kappa shape index (κ2) is 7.02. The molecular formula is C16H15ClN6. The van der Waals surface area contributed by atoms with E-state index in [4.69, 9.17) is 11.6 Å². The monoisotopic (exact) mass is 326 g/mol. The Morgan fingerprint density at radius 1 is 1.04 bits per heavy atom. The Kier molecular flexibility index (Phi) is 4.63. The highest BCUT2D eigenvalue weighted by molar-refractivity contribution is 6.30. The number of hydrogen-bond acceptors (Lipinski definition) is 5. The Labute approximate surface area is 138 Å². The predicted molar refractivity (Wildman–Crippen MR) is 90.6 cm³/mol. The lowest BCUT2D eigenvalue weighted by atomic mass is 10.2. The maximum Gasteiger partial charge on any atom is 0.264 e. The molecule has 0 spiro atoms. The van der Waals surface area contributed by atoms with Crippen molar-refractivity contribution in [2.24, 2.45) is 10.2 Å². The van der Waals surface area contributed by atoms with Crippen molar-refractivity contribution >= 4 is 28.9 Å². The third kappa shape index (κ3) is 4.14. The highest BCUT2D eigenvalue weighted by Crippen LogP contribution is 2.22. The highest BCUT2D eigenvalue weighted by atomic mass is 35.5. The van der Waals surface area contributed by atoms with Gasteiger partial charge in [-0.1, -0.05) is 23.7 Å². The number of aromatic amines is 1. The largest absolute Gasteiger partial charge is 0.370 e. The van der Waals surface area contributed by atoms with E-state index in [0.717, 1.165) is 22.9 Å². The number of H-pyrrole nitrogens is 1. The standard InChI is InChI=1S/C16H15ClN6/c1-23(10-12-2-4-13(17)5-3-12)15-8-6-14(7-9-15)20-22-16-18-11-19-21-16/h2-9,11H,10H2,1H3,(H,18,19,21). The van der Waals surface area contributed by atoms with E-state index in [9.17, 15) is 0 Å². The van der Waals surface area contributed by atoms with Crippen LogP contribution >= 0.6 is 11.6 Å². The summed E-state index contributed by atoms with van der Waals surface area (Å²) in [6.45, 7) is 0.802. The summed E-state index contributed by atoms with van der Waals surface area (Å²) in [7, 11) is 2.04. The molecule has 0 saturated heterocycles. The Hall–Kier alpha value is -2.73. The maximum atomic E-state index is 5.91. The van der Waals surface area contributed by atoms with E-state index in [1.54, 1.807) is 0 Å². The summed E-state index contributed by atoms with van der Waals surface area (Å²) in [6, 6.07) is 15.7. The number of nitrogens with zero attached hydrogens (tertiary/aromatic N) is 5. The molecule has 1 N–H and O–H groups in total. The minimum Gasteiger partial charge on any atom is -0.370 e. The SMILES string of the molecule is CN(Cc1ccc(Cl)cc1)c1ccc(N=Nc2ncn[nH]2)cc1. The molecule has 23 heavy (non-hydrogen) atoms. The van der Waals surface area contributed by atoms with E-state index >= 15 is 0 Å². The zero-order valence-electron chi connectivity index (χ0n) is 12.5. The fourth-order valence-corrected chi connectivity index (χ4v) is 2.21. The second-order valence-electron chi connectivity index (χ2n) is 5.01. The molecule has 3 rings (SSSR count). The van der Waals surface area contributed by atoms with Crippen molar-refractivity contribution in [1.82, 2.24) is 15.2 Å².